The zero-order valence-corrected chi connectivity index (χ0v) is 19.8. The number of benzene rings is 1. The van der Waals surface area contributed by atoms with Gasteiger partial charge in [-0.25, -0.2) is 4.79 Å². The zero-order valence-electron chi connectivity index (χ0n) is 19.8. The smallest absolute Gasteiger partial charge is 0.338 e. The number of hydrogen-bond donors (Lipinski definition) is 0. The fourth-order valence-corrected chi connectivity index (χ4v) is 3.49. The van der Waals surface area contributed by atoms with Gasteiger partial charge in [0.25, 0.3) is 0 Å². The highest BCUT2D eigenvalue weighted by molar-refractivity contribution is 5.89. The van der Waals surface area contributed by atoms with Crippen molar-refractivity contribution >= 4 is 11.7 Å². The van der Waals surface area contributed by atoms with E-state index in [4.69, 9.17) is 4.74 Å². The van der Waals surface area contributed by atoms with E-state index in [1.807, 2.05) is 43.3 Å². The Bertz CT molecular complexity index is 563. The van der Waals surface area contributed by atoms with Crippen LogP contribution in [0, 0.1) is 0 Å². The summed E-state index contributed by atoms with van der Waals surface area (Å²) < 4.78 is 5.39. The first-order valence-electron chi connectivity index (χ1n) is 12.2. The van der Waals surface area contributed by atoms with Crippen molar-refractivity contribution < 1.29 is 9.53 Å². The number of carbonyl (C=O) groups excluding carboxylic acids is 1. The molecule has 0 spiro atoms. The van der Waals surface area contributed by atoms with Crippen molar-refractivity contribution in [2.45, 2.75) is 96.8 Å². The van der Waals surface area contributed by atoms with Gasteiger partial charge in [-0.3, -0.25) is 0 Å². The summed E-state index contributed by atoms with van der Waals surface area (Å²) in [6, 6.07) is 7.56. The predicted molar refractivity (Wildman–Crippen MR) is 131 cm³/mol. The second kappa shape index (κ2) is 18.0. The van der Waals surface area contributed by atoms with Crippen LogP contribution in [0.1, 0.15) is 107 Å². The molecular formula is C27H45NO2. The van der Waals surface area contributed by atoms with Crippen molar-refractivity contribution in [1.29, 1.82) is 0 Å². The predicted octanol–water partition coefficient (Wildman–Crippen LogP) is 7.95. The van der Waals surface area contributed by atoms with Crippen LogP contribution in [0.5, 0.6) is 0 Å². The molecule has 0 aliphatic heterocycles. The Labute approximate surface area is 185 Å². The minimum atomic E-state index is -0.215. The van der Waals surface area contributed by atoms with Crippen LogP contribution >= 0.6 is 0 Å². The fourth-order valence-electron chi connectivity index (χ4n) is 3.49. The summed E-state index contributed by atoms with van der Waals surface area (Å²) in [5.41, 5.74) is 1.71. The SMILES string of the molecule is CCCCCCCC/C=C\CCCCCCCCOC(=O)c1ccc(N(C)C)cc1. The molecule has 3 nitrogen and oxygen atoms in total. The van der Waals surface area contributed by atoms with Crippen molar-refractivity contribution in [3.8, 4) is 0 Å². The third-order valence-corrected chi connectivity index (χ3v) is 5.51. The number of esters is 1. The van der Waals surface area contributed by atoms with Gasteiger partial charge >= 0.3 is 5.97 Å². The lowest BCUT2D eigenvalue weighted by Crippen LogP contribution is -2.10. The molecule has 0 unspecified atom stereocenters. The van der Waals surface area contributed by atoms with Crippen LogP contribution in [0.15, 0.2) is 36.4 Å². The number of rotatable bonds is 18. The Morgan fingerprint density at radius 2 is 1.27 bits per heavy atom. The number of allylic oxidation sites excluding steroid dienone is 2. The van der Waals surface area contributed by atoms with Gasteiger partial charge in [-0.2, -0.15) is 0 Å². The Morgan fingerprint density at radius 3 is 1.80 bits per heavy atom. The first kappa shape index (κ1) is 26.3. The highest BCUT2D eigenvalue weighted by Gasteiger charge is 2.07. The maximum atomic E-state index is 12.0. The maximum absolute atomic E-state index is 12.0. The van der Waals surface area contributed by atoms with E-state index < -0.39 is 0 Å². The zero-order chi connectivity index (χ0) is 21.9. The number of unbranched alkanes of at least 4 members (excludes halogenated alkanes) is 12. The van der Waals surface area contributed by atoms with Gasteiger partial charge in [-0.05, 0) is 56.4 Å². The molecule has 1 rings (SSSR count). The molecule has 0 N–H and O–H groups in total. The number of ether oxygens (including phenoxy) is 1. The van der Waals surface area contributed by atoms with Crippen molar-refractivity contribution in [3.05, 3.63) is 42.0 Å². The van der Waals surface area contributed by atoms with Gasteiger partial charge in [-0.1, -0.05) is 76.9 Å². The largest absolute Gasteiger partial charge is 0.462 e. The Balaban J connectivity index is 1.89. The minimum absolute atomic E-state index is 0.215. The van der Waals surface area contributed by atoms with Gasteiger partial charge in [0.1, 0.15) is 0 Å². The van der Waals surface area contributed by atoms with E-state index in [1.165, 1.54) is 77.0 Å². The van der Waals surface area contributed by atoms with Crippen LogP contribution in [0.25, 0.3) is 0 Å². The topological polar surface area (TPSA) is 29.5 Å². The Hall–Kier alpha value is -1.77. The molecule has 1 aromatic carbocycles. The molecule has 0 aliphatic carbocycles. The van der Waals surface area contributed by atoms with Crippen LogP contribution in [-0.2, 0) is 4.74 Å². The second-order valence-electron chi connectivity index (χ2n) is 8.52. The summed E-state index contributed by atoms with van der Waals surface area (Å²) in [6.45, 7) is 2.79. The van der Waals surface area contributed by atoms with Crippen molar-refractivity contribution in [1.82, 2.24) is 0 Å². The fraction of sp³-hybridized carbons (Fsp3) is 0.667. The van der Waals surface area contributed by atoms with Gasteiger partial charge in [0.2, 0.25) is 0 Å². The molecule has 1 aromatic rings. The number of anilines is 1. The van der Waals surface area contributed by atoms with Gasteiger partial charge < -0.3 is 9.64 Å². The lowest BCUT2D eigenvalue weighted by Gasteiger charge is -2.12. The number of hydrogen-bond acceptors (Lipinski definition) is 3. The molecule has 0 saturated heterocycles. The van der Waals surface area contributed by atoms with Gasteiger partial charge in [0, 0.05) is 19.8 Å². The molecule has 170 valence electrons. The van der Waals surface area contributed by atoms with E-state index in [0.717, 1.165) is 18.5 Å². The number of nitrogens with zero attached hydrogens (tertiary/aromatic N) is 1. The summed E-state index contributed by atoms with van der Waals surface area (Å²) in [6.07, 6.45) is 22.7. The van der Waals surface area contributed by atoms with Crippen LogP contribution < -0.4 is 4.90 Å². The first-order chi connectivity index (χ1) is 14.6. The summed E-state index contributed by atoms with van der Waals surface area (Å²) in [7, 11) is 3.97. The average molecular weight is 416 g/mol. The van der Waals surface area contributed by atoms with Gasteiger partial charge in [0.15, 0.2) is 0 Å². The highest BCUT2D eigenvalue weighted by Crippen LogP contribution is 2.14. The van der Waals surface area contributed by atoms with E-state index in [0.29, 0.717) is 12.2 Å². The molecule has 30 heavy (non-hydrogen) atoms. The molecule has 0 amide bonds. The summed E-state index contributed by atoms with van der Waals surface area (Å²) in [4.78, 5) is 14.1. The maximum Gasteiger partial charge on any atom is 0.338 e. The van der Waals surface area contributed by atoms with E-state index in [-0.39, 0.29) is 5.97 Å². The van der Waals surface area contributed by atoms with Crippen LogP contribution in [-0.4, -0.2) is 26.7 Å². The lowest BCUT2D eigenvalue weighted by atomic mass is 10.1. The summed E-state index contributed by atoms with van der Waals surface area (Å²) >= 11 is 0. The average Bonchev–Trinajstić information content (AvgIpc) is 2.75. The molecule has 0 atom stereocenters. The monoisotopic (exact) mass is 415 g/mol. The Kier molecular flexibility index (Phi) is 15.8. The van der Waals surface area contributed by atoms with Gasteiger partial charge in [-0.15, -0.1) is 0 Å². The van der Waals surface area contributed by atoms with E-state index >= 15 is 0 Å². The van der Waals surface area contributed by atoms with Crippen molar-refractivity contribution in [2.24, 2.45) is 0 Å². The highest BCUT2D eigenvalue weighted by atomic mass is 16.5. The molecule has 0 heterocycles. The van der Waals surface area contributed by atoms with Crippen LogP contribution in [0.2, 0.25) is 0 Å². The van der Waals surface area contributed by atoms with E-state index in [1.54, 1.807) is 0 Å². The molecular weight excluding hydrogens is 370 g/mol. The Morgan fingerprint density at radius 1 is 0.767 bits per heavy atom. The van der Waals surface area contributed by atoms with Crippen molar-refractivity contribution in [3.63, 3.8) is 0 Å². The summed E-state index contributed by atoms with van der Waals surface area (Å²) in [5, 5.41) is 0. The van der Waals surface area contributed by atoms with Crippen LogP contribution in [0.3, 0.4) is 0 Å². The van der Waals surface area contributed by atoms with E-state index in [2.05, 4.69) is 19.1 Å². The molecule has 3 heteroatoms. The third kappa shape index (κ3) is 13.5. The quantitative estimate of drug-likeness (QED) is 0.138. The van der Waals surface area contributed by atoms with Crippen LogP contribution in [0.4, 0.5) is 5.69 Å². The van der Waals surface area contributed by atoms with Crippen molar-refractivity contribution in [2.75, 3.05) is 25.6 Å². The first-order valence-corrected chi connectivity index (χ1v) is 12.2. The number of carbonyl (C=O) groups is 1. The third-order valence-electron chi connectivity index (χ3n) is 5.51. The molecule has 0 aromatic heterocycles. The second-order valence-corrected chi connectivity index (χ2v) is 8.52. The standard InChI is InChI=1S/C27H45NO2/c1-4-5-6-7-8-9-10-11-12-13-14-15-16-17-18-19-24-30-27(29)25-20-22-26(23-21-25)28(2)3/h11-12,20-23H,4-10,13-19,24H2,1-3H3/b12-11-. The normalized spacial score (nSPS) is 11.2. The molecule has 0 saturated carbocycles. The summed E-state index contributed by atoms with van der Waals surface area (Å²) in [5.74, 6) is -0.215. The lowest BCUT2D eigenvalue weighted by molar-refractivity contribution is 0.0497. The molecule has 0 bridgehead atoms. The molecule has 0 fully saturated rings. The molecule has 0 radical (unpaired) electrons. The van der Waals surface area contributed by atoms with E-state index in [9.17, 15) is 4.79 Å². The van der Waals surface area contributed by atoms with Gasteiger partial charge in [0.05, 0.1) is 12.2 Å². The minimum Gasteiger partial charge on any atom is -0.462 e. The molecule has 0 aliphatic rings.